The molecule has 0 unspecified atom stereocenters. The lowest BCUT2D eigenvalue weighted by molar-refractivity contribution is -0.117. The smallest absolute Gasteiger partial charge is 0.243 e. The predicted molar refractivity (Wildman–Crippen MR) is 130 cm³/mol. The van der Waals surface area contributed by atoms with Crippen LogP contribution < -0.4 is 10.2 Å². The van der Waals surface area contributed by atoms with Crippen molar-refractivity contribution in [2.45, 2.75) is 45.9 Å². The Morgan fingerprint density at radius 1 is 1.12 bits per heavy atom. The van der Waals surface area contributed by atoms with Crippen molar-refractivity contribution in [1.82, 2.24) is 9.21 Å². The summed E-state index contributed by atoms with van der Waals surface area (Å²) >= 11 is 0. The van der Waals surface area contributed by atoms with Gasteiger partial charge in [-0.15, -0.1) is 0 Å². The first-order chi connectivity index (χ1) is 15.2. The summed E-state index contributed by atoms with van der Waals surface area (Å²) in [5, 5.41) is 2.95. The van der Waals surface area contributed by atoms with Crippen LogP contribution in [0.15, 0.2) is 23.1 Å². The van der Waals surface area contributed by atoms with Gasteiger partial charge in [-0.1, -0.05) is 34.6 Å². The van der Waals surface area contributed by atoms with Crippen molar-refractivity contribution in [2.75, 3.05) is 69.2 Å². The molecule has 8 nitrogen and oxygen atoms in total. The van der Waals surface area contributed by atoms with Crippen molar-refractivity contribution in [3.63, 3.8) is 0 Å². The predicted octanol–water partition coefficient (Wildman–Crippen LogP) is 2.86. The summed E-state index contributed by atoms with van der Waals surface area (Å²) in [4.78, 5) is 17.4. The van der Waals surface area contributed by atoms with Gasteiger partial charge in [0.15, 0.2) is 0 Å². The van der Waals surface area contributed by atoms with E-state index in [2.05, 4.69) is 35.9 Å². The van der Waals surface area contributed by atoms with Gasteiger partial charge in [0.05, 0.1) is 29.3 Å². The van der Waals surface area contributed by atoms with Crippen molar-refractivity contribution >= 4 is 27.3 Å². The number of carbonyl (C=O) groups is 1. The van der Waals surface area contributed by atoms with Crippen LogP contribution in [-0.2, 0) is 19.6 Å². The second kappa shape index (κ2) is 12.5. The number of amides is 1. The SMILES string of the molecule is CCN1CCN(c2ccc(S(=O)(=O)N(CC)CC)cc2NC(=O)CCOCC(C)C)CC1. The molecular formula is C23H40N4O4S. The summed E-state index contributed by atoms with van der Waals surface area (Å²) in [6, 6.07) is 5.07. The molecule has 0 bridgehead atoms. The fourth-order valence-electron chi connectivity index (χ4n) is 3.77. The van der Waals surface area contributed by atoms with Gasteiger partial charge in [0, 0.05) is 45.9 Å². The molecule has 1 N–H and O–H groups in total. The van der Waals surface area contributed by atoms with Crippen LogP contribution in [0.25, 0.3) is 0 Å². The van der Waals surface area contributed by atoms with Crippen LogP contribution in [0, 0.1) is 5.92 Å². The lowest BCUT2D eigenvalue weighted by Crippen LogP contribution is -2.46. The highest BCUT2D eigenvalue weighted by Crippen LogP contribution is 2.31. The molecule has 32 heavy (non-hydrogen) atoms. The van der Waals surface area contributed by atoms with E-state index in [1.165, 1.54) is 4.31 Å². The molecule has 1 aliphatic heterocycles. The molecule has 1 aromatic carbocycles. The zero-order chi connectivity index (χ0) is 23.7. The molecule has 0 aromatic heterocycles. The third-order valence-electron chi connectivity index (χ3n) is 5.67. The van der Waals surface area contributed by atoms with Crippen LogP contribution in [0.5, 0.6) is 0 Å². The number of sulfonamides is 1. The molecule has 1 fully saturated rings. The third kappa shape index (κ3) is 7.16. The maximum Gasteiger partial charge on any atom is 0.243 e. The number of piperazine rings is 1. The minimum atomic E-state index is -3.62. The molecule has 1 saturated heterocycles. The zero-order valence-corrected chi connectivity index (χ0v) is 21.1. The molecule has 2 rings (SSSR count). The third-order valence-corrected chi connectivity index (χ3v) is 7.72. The fraction of sp³-hybridized carbons (Fsp3) is 0.696. The number of likely N-dealkylation sites (N-methyl/N-ethyl adjacent to an activating group) is 1. The van der Waals surface area contributed by atoms with Gasteiger partial charge in [0.1, 0.15) is 0 Å². The van der Waals surface area contributed by atoms with Crippen molar-refractivity contribution in [3.05, 3.63) is 18.2 Å². The van der Waals surface area contributed by atoms with Crippen LogP contribution in [0.2, 0.25) is 0 Å². The van der Waals surface area contributed by atoms with E-state index in [1.54, 1.807) is 12.1 Å². The number of hydrogen-bond acceptors (Lipinski definition) is 6. The van der Waals surface area contributed by atoms with E-state index in [-0.39, 0.29) is 17.2 Å². The molecular weight excluding hydrogens is 428 g/mol. The maximum atomic E-state index is 13.0. The van der Waals surface area contributed by atoms with E-state index in [4.69, 9.17) is 4.74 Å². The van der Waals surface area contributed by atoms with Crippen LogP contribution in [0.4, 0.5) is 11.4 Å². The number of hydrogen-bond donors (Lipinski definition) is 1. The van der Waals surface area contributed by atoms with Crippen LogP contribution in [-0.4, -0.2) is 82.6 Å². The second-order valence-electron chi connectivity index (χ2n) is 8.46. The summed E-state index contributed by atoms with van der Waals surface area (Å²) in [7, 11) is -3.62. The molecule has 1 heterocycles. The lowest BCUT2D eigenvalue weighted by Gasteiger charge is -2.36. The second-order valence-corrected chi connectivity index (χ2v) is 10.4. The van der Waals surface area contributed by atoms with Crippen molar-refractivity contribution in [1.29, 1.82) is 0 Å². The van der Waals surface area contributed by atoms with Gasteiger partial charge >= 0.3 is 0 Å². The number of carbonyl (C=O) groups excluding carboxylic acids is 1. The molecule has 0 atom stereocenters. The Morgan fingerprint density at radius 2 is 1.78 bits per heavy atom. The van der Waals surface area contributed by atoms with Gasteiger partial charge in [-0.05, 0) is 30.7 Å². The van der Waals surface area contributed by atoms with Crippen molar-refractivity contribution in [3.8, 4) is 0 Å². The molecule has 9 heteroatoms. The van der Waals surface area contributed by atoms with Crippen LogP contribution in [0.3, 0.4) is 0 Å². The Bertz CT molecular complexity index is 832. The van der Waals surface area contributed by atoms with Crippen LogP contribution in [0.1, 0.15) is 41.0 Å². The molecule has 0 spiro atoms. The van der Waals surface area contributed by atoms with E-state index in [1.807, 2.05) is 19.9 Å². The molecule has 0 aliphatic carbocycles. The quantitative estimate of drug-likeness (QED) is 0.475. The van der Waals surface area contributed by atoms with E-state index in [0.29, 0.717) is 37.9 Å². The van der Waals surface area contributed by atoms with Gasteiger partial charge < -0.3 is 19.9 Å². The number of nitrogens with one attached hydrogen (secondary N) is 1. The van der Waals surface area contributed by atoms with Gasteiger partial charge in [0.2, 0.25) is 15.9 Å². The van der Waals surface area contributed by atoms with Crippen molar-refractivity contribution in [2.24, 2.45) is 5.92 Å². The first kappa shape index (κ1) is 26.6. The minimum Gasteiger partial charge on any atom is -0.381 e. The standard InChI is InChI=1S/C23H40N4O4S/c1-6-25-12-14-26(15-13-25)22-10-9-20(32(29,30)27(7-2)8-3)17-21(22)24-23(28)11-16-31-18-19(4)5/h9-10,17,19H,6-8,11-16,18H2,1-5H3,(H,24,28). The number of rotatable bonds is 12. The Morgan fingerprint density at radius 3 is 2.34 bits per heavy atom. The molecule has 0 radical (unpaired) electrons. The Hall–Kier alpha value is -1.68. The number of ether oxygens (including phenoxy) is 1. The van der Waals surface area contributed by atoms with E-state index < -0.39 is 10.0 Å². The minimum absolute atomic E-state index is 0.181. The monoisotopic (exact) mass is 468 g/mol. The number of benzene rings is 1. The highest BCUT2D eigenvalue weighted by Gasteiger charge is 2.25. The molecule has 182 valence electrons. The topological polar surface area (TPSA) is 82.2 Å². The first-order valence-corrected chi connectivity index (χ1v) is 13.2. The summed E-state index contributed by atoms with van der Waals surface area (Å²) in [6.07, 6.45) is 0.225. The first-order valence-electron chi connectivity index (χ1n) is 11.7. The molecule has 1 aromatic rings. The Kier molecular flexibility index (Phi) is 10.4. The Balaban J connectivity index is 2.26. The Labute approximate surface area is 193 Å². The fourth-order valence-corrected chi connectivity index (χ4v) is 5.25. The van der Waals surface area contributed by atoms with E-state index >= 15 is 0 Å². The highest BCUT2D eigenvalue weighted by atomic mass is 32.2. The summed E-state index contributed by atoms with van der Waals surface area (Å²) < 4.78 is 33.1. The van der Waals surface area contributed by atoms with Crippen LogP contribution >= 0.6 is 0 Å². The molecule has 0 saturated carbocycles. The number of nitrogens with zero attached hydrogens (tertiary/aromatic N) is 3. The average Bonchev–Trinajstić information content (AvgIpc) is 2.77. The van der Waals surface area contributed by atoms with E-state index in [9.17, 15) is 13.2 Å². The maximum absolute atomic E-state index is 13.0. The normalized spacial score (nSPS) is 15.5. The van der Waals surface area contributed by atoms with Gasteiger partial charge in [-0.25, -0.2) is 8.42 Å². The average molecular weight is 469 g/mol. The van der Waals surface area contributed by atoms with Gasteiger partial charge in [-0.3, -0.25) is 4.79 Å². The number of anilines is 2. The largest absolute Gasteiger partial charge is 0.381 e. The van der Waals surface area contributed by atoms with Gasteiger partial charge in [0.25, 0.3) is 0 Å². The summed E-state index contributed by atoms with van der Waals surface area (Å²) in [6.45, 7) is 16.2. The lowest BCUT2D eigenvalue weighted by atomic mass is 10.2. The molecule has 1 amide bonds. The summed E-state index contributed by atoms with van der Waals surface area (Å²) in [5.74, 6) is 0.230. The zero-order valence-electron chi connectivity index (χ0n) is 20.3. The van der Waals surface area contributed by atoms with Gasteiger partial charge in [-0.2, -0.15) is 4.31 Å². The summed E-state index contributed by atoms with van der Waals surface area (Å²) in [5.41, 5.74) is 1.40. The highest BCUT2D eigenvalue weighted by molar-refractivity contribution is 7.89. The van der Waals surface area contributed by atoms with Crippen molar-refractivity contribution < 1.29 is 17.9 Å². The molecule has 1 aliphatic rings. The van der Waals surface area contributed by atoms with E-state index in [0.717, 1.165) is 38.4 Å².